The molecular formula is C10H10O3S. The van der Waals surface area contributed by atoms with Gasteiger partial charge < -0.3 is 0 Å². The van der Waals surface area contributed by atoms with E-state index in [1.165, 1.54) is 0 Å². The molecule has 1 aromatic rings. The van der Waals surface area contributed by atoms with Crippen LogP contribution in [0.5, 0.6) is 0 Å². The monoisotopic (exact) mass is 210 g/mol. The summed E-state index contributed by atoms with van der Waals surface area (Å²) in [5.41, 5.74) is 1.53. The summed E-state index contributed by atoms with van der Waals surface area (Å²) in [6, 6.07) is 6.95. The maximum atomic E-state index is 10.7. The van der Waals surface area contributed by atoms with Crippen LogP contribution in [-0.4, -0.2) is 14.7 Å². The van der Waals surface area contributed by atoms with Gasteiger partial charge in [-0.1, -0.05) is 18.1 Å². The molecule has 0 aliphatic rings. The number of benzene rings is 1. The highest BCUT2D eigenvalue weighted by atomic mass is 32.2. The first-order chi connectivity index (χ1) is 6.51. The molecule has 0 bridgehead atoms. The van der Waals surface area contributed by atoms with Gasteiger partial charge >= 0.3 is 0 Å². The van der Waals surface area contributed by atoms with Crippen molar-refractivity contribution in [1.82, 2.24) is 0 Å². The lowest BCUT2D eigenvalue weighted by atomic mass is 10.1. The summed E-state index contributed by atoms with van der Waals surface area (Å²) in [6.45, 7) is 0.0453. The lowest BCUT2D eigenvalue weighted by Crippen LogP contribution is -2.02. The van der Waals surface area contributed by atoms with E-state index in [2.05, 4.69) is 10.1 Å². The zero-order valence-electron chi connectivity index (χ0n) is 7.73. The van der Waals surface area contributed by atoms with Gasteiger partial charge in [-0.05, 0) is 17.7 Å². The molecule has 0 heterocycles. The second-order valence-electron chi connectivity index (χ2n) is 2.81. The Hall–Kier alpha value is -1.31. The van der Waals surface area contributed by atoms with Crippen molar-refractivity contribution < 1.29 is 12.6 Å². The largest absolute Gasteiger partial charge is 0.265 e. The summed E-state index contributed by atoms with van der Waals surface area (Å²) in [5, 5.41) is 0. The molecule has 0 N–H and O–H groups in total. The van der Waals surface area contributed by atoms with Crippen LogP contribution >= 0.6 is 0 Å². The highest BCUT2D eigenvalue weighted by Gasteiger charge is 2.01. The number of terminal acetylenes is 1. The first kappa shape index (κ1) is 10.8. The molecule has 0 aromatic heterocycles. The van der Waals surface area contributed by atoms with E-state index in [4.69, 9.17) is 6.42 Å². The van der Waals surface area contributed by atoms with Gasteiger partial charge in [0.05, 0.1) is 12.9 Å². The van der Waals surface area contributed by atoms with Gasteiger partial charge in [-0.25, -0.2) is 0 Å². The third kappa shape index (κ3) is 3.60. The number of hydrogen-bond acceptors (Lipinski definition) is 3. The average molecular weight is 210 g/mol. The van der Waals surface area contributed by atoms with Crippen LogP contribution in [0.25, 0.3) is 0 Å². The highest BCUT2D eigenvalue weighted by Crippen LogP contribution is 2.05. The Morgan fingerprint density at radius 3 is 2.36 bits per heavy atom. The van der Waals surface area contributed by atoms with E-state index < -0.39 is 10.1 Å². The number of hydrogen-bond donors (Lipinski definition) is 0. The summed E-state index contributed by atoms with van der Waals surface area (Å²) in [7, 11) is -3.38. The molecule has 14 heavy (non-hydrogen) atoms. The zero-order chi connectivity index (χ0) is 10.6. The Kier molecular flexibility index (Phi) is 3.28. The minimum Gasteiger partial charge on any atom is -0.265 e. The molecule has 0 aliphatic carbocycles. The molecule has 1 aromatic carbocycles. The van der Waals surface area contributed by atoms with E-state index >= 15 is 0 Å². The molecule has 74 valence electrons. The summed E-state index contributed by atoms with van der Waals surface area (Å²) in [5.74, 6) is 2.47. The molecule has 0 unspecified atom stereocenters. The fourth-order valence-corrected chi connectivity index (χ4v) is 1.22. The maximum absolute atomic E-state index is 10.7. The molecule has 0 saturated carbocycles. The second kappa shape index (κ2) is 4.27. The van der Waals surface area contributed by atoms with Gasteiger partial charge in [-0.3, -0.25) is 4.18 Å². The molecule has 0 spiro atoms. The van der Waals surface area contributed by atoms with Gasteiger partial charge in [-0.15, -0.1) is 6.42 Å². The van der Waals surface area contributed by atoms with E-state index in [1.807, 2.05) is 0 Å². The Bertz CT molecular complexity index is 437. The topological polar surface area (TPSA) is 43.4 Å². The fraction of sp³-hybridized carbons (Fsp3) is 0.200. The quantitative estimate of drug-likeness (QED) is 0.555. The van der Waals surface area contributed by atoms with Crippen LogP contribution in [0.2, 0.25) is 0 Å². The van der Waals surface area contributed by atoms with Crippen molar-refractivity contribution in [3.05, 3.63) is 35.4 Å². The summed E-state index contributed by atoms with van der Waals surface area (Å²) >= 11 is 0. The molecular weight excluding hydrogens is 200 g/mol. The van der Waals surface area contributed by atoms with Gasteiger partial charge in [0.2, 0.25) is 0 Å². The van der Waals surface area contributed by atoms with E-state index in [-0.39, 0.29) is 6.61 Å². The van der Waals surface area contributed by atoms with Crippen LogP contribution in [0.1, 0.15) is 11.1 Å². The van der Waals surface area contributed by atoms with Crippen LogP contribution < -0.4 is 0 Å². The van der Waals surface area contributed by atoms with Crippen molar-refractivity contribution in [1.29, 1.82) is 0 Å². The lowest BCUT2D eigenvalue weighted by molar-refractivity contribution is 0.311. The van der Waals surface area contributed by atoms with Crippen molar-refractivity contribution >= 4 is 10.1 Å². The van der Waals surface area contributed by atoms with Crippen molar-refractivity contribution in [2.24, 2.45) is 0 Å². The van der Waals surface area contributed by atoms with Gasteiger partial charge in [0.15, 0.2) is 0 Å². The average Bonchev–Trinajstić information content (AvgIpc) is 2.14. The molecule has 0 atom stereocenters. The Morgan fingerprint density at radius 2 is 1.93 bits per heavy atom. The lowest BCUT2D eigenvalue weighted by Gasteiger charge is -2.01. The van der Waals surface area contributed by atoms with Crippen molar-refractivity contribution in [3.8, 4) is 12.3 Å². The fourth-order valence-electron chi connectivity index (χ4n) is 0.872. The van der Waals surface area contributed by atoms with E-state index in [9.17, 15) is 8.42 Å². The van der Waals surface area contributed by atoms with Crippen molar-refractivity contribution in [2.45, 2.75) is 6.61 Å². The molecule has 4 heteroatoms. The van der Waals surface area contributed by atoms with Crippen molar-refractivity contribution in [2.75, 3.05) is 6.26 Å². The summed E-state index contributed by atoms with van der Waals surface area (Å²) in [6.07, 6.45) is 6.18. The first-order valence-corrected chi connectivity index (χ1v) is 5.73. The van der Waals surface area contributed by atoms with Gasteiger partial charge in [-0.2, -0.15) is 8.42 Å². The Balaban J connectivity index is 2.67. The summed E-state index contributed by atoms with van der Waals surface area (Å²) < 4.78 is 26.0. The maximum Gasteiger partial charge on any atom is 0.264 e. The minimum atomic E-state index is -3.38. The van der Waals surface area contributed by atoms with Crippen LogP contribution in [0.15, 0.2) is 24.3 Å². The standard InChI is InChI=1S/C10H10O3S/c1-3-9-4-6-10(7-5-9)8-13-14(2,11)12/h1,4-7H,8H2,2H3. The first-order valence-electron chi connectivity index (χ1n) is 3.91. The predicted octanol–water partition coefficient (Wildman–Crippen LogP) is 1.14. The van der Waals surface area contributed by atoms with Crippen LogP contribution in [0.4, 0.5) is 0 Å². The molecule has 3 nitrogen and oxygen atoms in total. The molecule has 0 fully saturated rings. The highest BCUT2D eigenvalue weighted by molar-refractivity contribution is 7.85. The number of rotatable bonds is 3. The molecule has 1 rings (SSSR count). The van der Waals surface area contributed by atoms with Gasteiger partial charge in [0, 0.05) is 5.56 Å². The third-order valence-electron chi connectivity index (χ3n) is 1.56. The smallest absolute Gasteiger partial charge is 0.264 e. The predicted molar refractivity (Wildman–Crippen MR) is 54.0 cm³/mol. The Morgan fingerprint density at radius 1 is 1.36 bits per heavy atom. The van der Waals surface area contributed by atoms with Gasteiger partial charge in [0.1, 0.15) is 0 Å². The normalized spacial score (nSPS) is 10.9. The van der Waals surface area contributed by atoms with E-state index in [1.54, 1.807) is 24.3 Å². The molecule has 0 aliphatic heterocycles. The second-order valence-corrected chi connectivity index (χ2v) is 4.45. The molecule has 0 amide bonds. The third-order valence-corrected chi connectivity index (χ3v) is 2.11. The van der Waals surface area contributed by atoms with Crippen LogP contribution in [0.3, 0.4) is 0 Å². The molecule has 0 radical (unpaired) electrons. The van der Waals surface area contributed by atoms with E-state index in [0.717, 1.165) is 17.4 Å². The minimum absolute atomic E-state index is 0.0453. The van der Waals surface area contributed by atoms with Crippen molar-refractivity contribution in [3.63, 3.8) is 0 Å². The van der Waals surface area contributed by atoms with Crippen LogP contribution in [-0.2, 0) is 20.9 Å². The van der Waals surface area contributed by atoms with Crippen LogP contribution in [0, 0.1) is 12.3 Å². The van der Waals surface area contributed by atoms with Gasteiger partial charge in [0.25, 0.3) is 10.1 Å². The molecule has 0 saturated heterocycles. The SMILES string of the molecule is C#Cc1ccc(COS(C)(=O)=O)cc1. The summed E-state index contributed by atoms with van der Waals surface area (Å²) in [4.78, 5) is 0. The van der Waals surface area contributed by atoms with E-state index in [0.29, 0.717) is 0 Å². The Labute approximate surface area is 83.8 Å². The zero-order valence-corrected chi connectivity index (χ0v) is 8.54.